The number of hydrogen-bond acceptors (Lipinski definition) is 1. The Morgan fingerprint density at radius 3 is 2.00 bits per heavy atom. The Morgan fingerprint density at radius 1 is 1.18 bits per heavy atom. The Kier molecular flexibility index (Phi) is 2.63. The van der Waals surface area contributed by atoms with E-state index in [1.165, 1.54) is 13.1 Å². The summed E-state index contributed by atoms with van der Waals surface area (Å²) >= 11 is 0. The van der Waals surface area contributed by atoms with Gasteiger partial charge in [0.05, 0.1) is 7.85 Å². The van der Waals surface area contributed by atoms with E-state index in [1.807, 2.05) is 0 Å². The second kappa shape index (κ2) is 3.18. The fourth-order valence-corrected chi connectivity index (χ4v) is 1.57. The molecule has 0 spiro atoms. The van der Waals surface area contributed by atoms with E-state index in [0.717, 1.165) is 12.8 Å². The summed E-state index contributed by atoms with van der Waals surface area (Å²) in [7, 11) is 5.81. The molecule has 0 aromatic heterocycles. The van der Waals surface area contributed by atoms with Crippen molar-refractivity contribution in [3.05, 3.63) is 0 Å². The van der Waals surface area contributed by atoms with Crippen molar-refractivity contribution in [1.29, 1.82) is 0 Å². The minimum atomic E-state index is 0.333. The summed E-state index contributed by atoms with van der Waals surface area (Å²) < 4.78 is 0. The lowest BCUT2D eigenvalue weighted by atomic mass is 9.78. The van der Waals surface area contributed by atoms with Crippen LogP contribution in [0.3, 0.4) is 0 Å². The lowest BCUT2D eigenvalue weighted by Gasteiger charge is -2.40. The Balaban J connectivity index is 2.39. The Hall–Kier alpha value is 0.0249. The van der Waals surface area contributed by atoms with Gasteiger partial charge in [-0.05, 0) is 46.7 Å². The van der Waals surface area contributed by atoms with Crippen LogP contribution in [0.2, 0.25) is 5.82 Å². The molecular formula is C9H18BN. The molecule has 0 aromatic rings. The minimum absolute atomic E-state index is 0.333. The first-order valence-electron chi connectivity index (χ1n) is 4.51. The third kappa shape index (κ3) is 2.51. The van der Waals surface area contributed by atoms with Gasteiger partial charge in [-0.25, -0.2) is 0 Å². The average Bonchev–Trinajstić information content (AvgIpc) is 1.86. The molecule has 1 saturated heterocycles. The van der Waals surface area contributed by atoms with Crippen LogP contribution in [0.5, 0.6) is 0 Å². The maximum Gasteiger partial charge on any atom is 0.0700 e. The molecule has 11 heavy (non-hydrogen) atoms. The predicted octanol–water partition coefficient (Wildman–Crippen LogP) is 1.84. The molecule has 0 unspecified atom stereocenters. The minimum Gasteiger partial charge on any atom is -0.299 e. The molecule has 62 valence electrons. The van der Waals surface area contributed by atoms with E-state index in [4.69, 9.17) is 7.85 Å². The van der Waals surface area contributed by atoms with E-state index in [9.17, 15) is 0 Å². The van der Waals surface area contributed by atoms with Crippen molar-refractivity contribution in [2.75, 3.05) is 13.1 Å². The zero-order valence-corrected chi connectivity index (χ0v) is 7.93. The van der Waals surface area contributed by atoms with Gasteiger partial charge < -0.3 is 0 Å². The van der Waals surface area contributed by atoms with Crippen molar-refractivity contribution in [3.8, 4) is 0 Å². The summed E-state index contributed by atoms with van der Waals surface area (Å²) in [5.41, 5.74) is 0.333. The van der Waals surface area contributed by atoms with Crippen LogP contribution in [-0.2, 0) is 0 Å². The third-order valence-electron chi connectivity index (χ3n) is 2.49. The summed E-state index contributed by atoms with van der Waals surface area (Å²) in [6, 6.07) is 0. The molecule has 0 aromatic carbocycles. The molecule has 2 heteroatoms. The summed E-state index contributed by atoms with van der Waals surface area (Å²) in [6.07, 6.45) is 2.33. The largest absolute Gasteiger partial charge is 0.299 e. The van der Waals surface area contributed by atoms with Crippen LogP contribution in [0.15, 0.2) is 0 Å². The van der Waals surface area contributed by atoms with Gasteiger partial charge in [-0.1, -0.05) is 5.82 Å². The van der Waals surface area contributed by atoms with Crippen molar-refractivity contribution >= 4 is 7.85 Å². The van der Waals surface area contributed by atoms with Crippen LogP contribution in [0.4, 0.5) is 0 Å². The van der Waals surface area contributed by atoms with Gasteiger partial charge in [0.1, 0.15) is 0 Å². The first-order valence-corrected chi connectivity index (χ1v) is 4.51. The highest BCUT2D eigenvalue weighted by atomic mass is 15.2. The fraction of sp³-hybridized carbons (Fsp3) is 1.00. The highest BCUT2D eigenvalue weighted by Gasteiger charge is 2.24. The molecule has 2 radical (unpaired) electrons. The van der Waals surface area contributed by atoms with Crippen LogP contribution >= 0.6 is 0 Å². The Morgan fingerprint density at radius 2 is 1.64 bits per heavy atom. The van der Waals surface area contributed by atoms with Gasteiger partial charge in [0.25, 0.3) is 0 Å². The number of likely N-dealkylation sites (tertiary alicyclic amines) is 1. The molecular weight excluding hydrogens is 133 g/mol. The Labute approximate surface area is 71.6 Å². The molecule has 1 aliphatic rings. The van der Waals surface area contributed by atoms with Gasteiger partial charge in [0.2, 0.25) is 0 Å². The van der Waals surface area contributed by atoms with Crippen LogP contribution in [-0.4, -0.2) is 31.4 Å². The molecule has 0 N–H and O–H groups in total. The van der Waals surface area contributed by atoms with Gasteiger partial charge in [-0.3, -0.25) is 4.90 Å². The van der Waals surface area contributed by atoms with E-state index in [1.54, 1.807) is 0 Å². The molecule has 1 fully saturated rings. The molecule has 0 saturated carbocycles. The monoisotopic (exact) mass is 151 g/mol. The van der Waals surface area contributed by atoms with E-state index in [-0.39, 0.29) is 0 Å². The normalized spacial score (nSPS) is 23.9. The first kappa shape index (κ1) is 9.12. The highest BCUT2D eigenvalue weighted by Crippen LogP contribution is 2.24. The molecule has 0 aliphatic carbocycles. The number of hydrogen-bond donors (Lipinski definition) is 0. The van der Waals surface area contributed by atoms with Crippen molar-refractivity contribution in [3.63, 3.8) is 0 Å². The number of piperidine rings is 1. The van der Waals surface area contributed by atoms with Crippen LogP contribution in [0.25, 0.3) is 0 Å². The van der Waals surface area contributed by atoms with Gasteiger partial charge in [0.15, 0.2) is 0 Å². The molecule has 0 atom stereocenters. The van der Waals surface area contributed by atoms with Crippen molar-refractivity contribution in [1.82, 2.24) is 4.90 Å². The van der Waals surface area contributed by atoms with E-state index >= 15 is 0 Å². The highest BCUT2D eigenvalue weighted by molar-refractivity contribution is 6.11. The zero-order chi connectivity index (χ0) is 8.48. The summed E-state index contributed by atoms with van der Waals surface area (Å²) in [4.78, 5) is 2.51. The second-order valence-electron chi connectivity index (χ2n) is 4.50. The van der Waals surface area contributed by atoms with E-state index in [0.29, 0.717) is 11.4 Å². The summed E-state index contributed by atoms with van der Waals surface area (Å²) in [5.74, 6) is 0.452. The predicted molar refractivity (Wildman–Crippen MR) is 50.1 cm³/mol. The molecule has 1 nitrogen and oxygen atoms in total. The maximum atomic E-state index is 5.81. The maximum absolute atomic E-state index is 5.81. The molecule has 0 bridgehead atoms. The Bertz CT molecular complexity index is 120. The average molecular weight is 151 g/mol. The van der Waals surface area contributed by atoms with Crippen molar-refractivity contribution in [2.24, 2.45) is 0 Å². The van der Waals surface area contributed by atoms with Gasteiger partial charge in [0, 0.05) is 5.54 Å². The molecule has 1 aliphatic heterocycles. The van der Waals surface area contributed by atoms with Gasteiger partial charge in [-0.2, -0.15) is 0 Å². The van der Waals surface area contributed by atoms with Crippen LogP contribution < -0.4 is 0 Å². The fourth-order valence-electron chi connectivity index (χ4n) is 1.57. The summed E-state index contributed by atoms with van der Waals surface area (Å²) in [5, 5.41) is 0. The van der Waals surface area contributed by atoms with Crippen molar-refractivity contribution in [2.45, 2.75) is 45.0 Å². The quantitative estimate of drug-likeness (QED) is 0.477. The van der Waals surface area contributed by atoms with Crippen LogP contribution in [0.1, 0.15) is 33.6 Å². The second-order valence-corrected chi connectivity index (χ2v) is 4.50. The SMILES string of the molecule is [B]C1CCN(C(C)(C)C)CC1. The van der Waals surface area contributed by atoms with E-state index in [2.05, 4.69) is 25.7 Å². The van der Waals surface area contributed by atoms with Crippen molar-refractivity contribution < 1.29 is 0 Å². The smallest absolute Gasteiger partial charge is 0.0700 e. The number of rotatable bonds is 0. The first-order chi connectivity index (χ1) is 5.00. The zero-order valence-electron chi connectivity index (χ0n) is 7.93. The van der Waals surface area contributed by atoms with Crippen LogP contribution in [0, 0.1) is 0 Å². The molecule has 1 rings (SSSR count). The standard InChI is InChI=1S/C9H18BN/c1-9(2,3)11-6-4-8(10)5-7-11/h8H,4-7H2,1-3H3. The lowest BCUT2D eigenvalue weighted by Crippen LogP contribution is -2.45. The van der Waals surface area contributed by atoms with Gasteiger partial charge in [-0.15, -0.1) is 0 Å². The topological polar surface area (TPSA) is 3.24 Å². The van der Waals surface area contributed by atoms with Gasteiger partial charge >= 0.3 is 0 Å². The lowest BCUT2D eigenvalue weighted by molar-refractivity contribution is 0.111. The number of nitrogens with zero attached hydrogens (tertiary/aromatic N) is 1. The third-order valence-corrected chi connectivity index (χ3v) is 2.49. The molecule has 0 amide bonds. The van der Waals surface area contributed by atoms with E-state index < -0.39 is 0 Å². The molecule has 1 heterocycles. The summed E-state index contributed by atoms with van der Waals surface area (Å²) in [6.45, 7) is 9.15.